The summed E-state index contributed by atoms with van der Waals surface area (Å²) in [6.07, 6.45) is 1.48. The molecular formula is C17H27ClN2O4S. The molecule has 8 heteroatoms. The second-order valence-electron chi connectivity index (χ2n) is 6.47. The van der Waals surface area contributed by atoms with Gasteiger partial charge in [0.1, 0.15) is 11.9 Å². The molecule has 25 heavy (non-hydrogen) atoms. The van der Waals surface area contributed by atoms with E-state index >= 15 is 0 Å². The second-order valence-corrected chi connectivity index (χ2v) is 8.80. The van der Waals surface area contributed by atoms with Crippen LogP contribution in [0.15, 0.2) is 24.3 Å². The van der Waals surface area contributed by atoms with Crippen LogP contribution in [0.5, 0.6) is 5.75 Å². The molecule has 0 aromatic heterocycles. The molecule has 1 unspecified atom stereocenters. The Morgan fingerprint density at radius 3 is 2.56 bits per heavy atom. The van der Waals surface area contributed by atoms with E-state index in [9.17, 15) is 13.2 Å². The number of hydrogen-bond donors (Lipinski definition) is 2. The van der Waals surface area contributed by atoms with Crippen molar-refractivity contribution < 1.29 is 17.9 Å². The molecule has 1 aliphatic rings. The predicted octanol–water partition coefficient (Wildman–Crippen LogP) is 1.47. The van der Waals surface area contributed by atoms with Crippen molar-refractivity contribution in [3.8, 4) is 5.75 Å². The average molecular weight is 391 g/mol. The number of sulfone groups is 1. The molecule has 1 aromatic carbocycles. The van der Waals surface area contributed by atoms with E-state index in [-0.39, 0.29) is 25.1 Å². The lowest BCUT2D eigenvalue weighted by molar-refractivity contribution is -0.124. The maximum atomic E-state index is 12.6. The number of benzene rings is 1. The van der Waals surface area contributed by atoms with Gasteiger partial charge in [0.15, 0.2) is 14.6 Å². The van der Waals surface area contributed by atoms with Crippen molar-refractivity contribution in [2.75, 3.05) is 25.9 Å². The molecule has 2 rings (SSSR count). The summed E-state index contributed by atoms with van der Waals surface area (Å²) in [5, 5.41) is 5.86. The zero-order valence-electron chi connectivity index (χ0n) is 14.9. The first-order chi connectivity index (χ1) is 11.2. The molecule has 2 N–H and O–H groups in total. The fraction of sp³-hybridized carbons (Fsp3) is 0.588. The molecule has 1 fully saturated rings. The lowest BCUT2D eigenvalue weighted by atomic mass is 9.96. The van der Waals surface area contributed by atoms with Crippen LogP contribution in [0.2, 0.25) is 0 Å². The van der Waals surface area contributed by atoms with E-state index in [1.54, 1.807) is 0 Å². The highest BCUT2D eigenvalue weighted by Crippen LogP contribution is 2.28. The van der Waals surface area contributed by atoms with Gasteiger partial charge in [0.25, 0.3) is 0 Å². The van der Waals surface area contributed by atoms with Crippen molar-refractivity contribution in [3.63, 3.8) is 0 Å². The van der Waals surface area contributed by atoms with Crippen molar-refractivity contribution in [1.82, 2.24) is 10.6 Å². The number of rotatable bonds is 6. The van der Waals surface area contributed by atoms with Gasteiger partial charge in [-0.25, -0.2) is 8.42 Å². The highest BCUT2D eigenvalue weighted by atomic mass is 35.5. The summed E-state index contributed by atoms with van der Waals surface area (Å²) in [6.45, 7) is 5.13. The zero-order valence-corrected chi connectivity index (χ0v) is 16.5. The lowest BCUT2D eigenvalue weighted by Crippen LogP contribution is -2.58. The third kappa shape index (κ3) is 5.33. The smallest absolute Gasteiger partial charge is 0.241 e. The van der Waals surface area contributed by atoms with Crippen LogP contribution in [0.25, 0.3) is 0 Å². The normalized spacial score (nSPS) is 17.9. The molecule has 1 heterocycles. The fourth-order valence-corrected chi connectivity index (χ4v) is 4.31. The Kier molecular flexibility index (Phi) is 7.71. The van der Waals surface area contributed by atoms with E-state index in [4.69, 9.17) is 4.74 Å². The summed E-state index contributed by atoms with van der Waals surface area (Å²) < 4.78 is 28.8. The number of carbonyl (C=O) groups excluding carboxylic acids is 1. The van der Waals surface area contributed by atoms with E-state index in [0.717, 1.165) is 17.6 Å². The first-order valence-electron chi connectivity index (χ1n) is 8.16. The Hall–Kier alpha value is -1.31. The topological polar surface area (TPSA) is 84.5 Å². The van der Waals surface area contributed by atoms with Crippen molar-refractivity contribution in [2.24, 2.45) is 0 Å². The maximum absolute atomic E-state index is 12.6. The van der Waals surface area contributed by atoms with Gasteiger partial charge >= 0.3 is 0 Å². The van der Waals surface area contributed by atoms with Crippen LogP contribution in [0, 0.1) is 6.92 Å². The van der Waals surface area contributed by atoms with Gasteiger partial charge in [-0.2, -0.15) is 0 Å². The second kappa shape index (κ2) is 8.87. The van der Waals surface area contributed by atoms with E-state index in [1.165, 1.54) is 0 Å². The zero-order chi connectivity index (χ0) is 17.8. The highest BCUT2D eigenvalue weighted by Gasteiger charge is 2.48. The van der Waals surface area contributed by atoms with Crippen LogP contribution in [0.4, 0.5) is 0 Å². The van der Waals surface area contributed by atoms with Crippen LogP contribution in [-0.2, 0) is 14.6 Å². The van der Waals surface area contributed by atoms with Crippen LogP contribution in [0.3, 0.4) is 0 Å². The number of hydrogen-bond acceptors (Lipinski definition) is 5. The van der Waals surface area contributed by atoms with Gasteiger partial charge in [-0.05, 0) is 57.5 Å². The average Bonchev–Trinajstić information content (AvgIpc) is 2.52. The Morgan fingerprint density at radius 2 is 2.00 bits per heavy atom. The maximum Gasteiger partial charge on any atom is 0.241 e. The molecule has 0 aliphatic carbocycles. The summed E-state index contributed by atoms with van der Waals surface area (Å²) in [5.41, 5.74) is 1.09. The molecule has 1 aromatic rings. The standard InChI is InChI=1S/C17H26N2O4S.ClH/c1-13-5-4-6-15(11-13)23-14(2)12-19-16(20)17(24(3,21)22)7-9-18-10-8-17;/h4-6,11,14,18H,7-10,12H2,1-3H3,(H,19,20);1H. The minimum Gasteiger partial charge on any atom is -0.489 e. The molecule has 0 spiro atoms. The summed E-state index contributed by atoms with van der Waals surface area (Å²) in [4.78, 5) is 12.6. The third-order valence-corrected chi connectivity index (χ3v) is 6.42. The molecule has 0 bridgehead atoms. The Morgan fingerprint density at radius 1 is 1.36 bits per heavy atom. The van der Waals surface area contributed by atoms with Gasteiger partial charge in [-0.3, -0.25) is 4.79 Å². The number of halogens is 1. The van der Waals surface area contributed by atoms with Gasteiger partial charge in [-0.1, -0.05) is 12.1 Å². The Balaban J connectivity index is 0.00000312. The van der Waals surface area contributed by atoms with E-state index < -0.39 is 20.5 Å². The first-order valence-corrected chi connectivity index (χ1v) is 10.1. The Labute approximate surface area is 156 Å². The molecular weight excluding hydrogens is 364 g/mol. The number of piperidine rings is 1. The summed E-state index contributed by atoms with van der Waals surface area (Å²) in [7, 11) is -3.49. The lowest BCUT2D eigenvalue weighted by Gasteiger charge is -2.34. The number of carbonyl (C=O) groups is 1. The van der Waals surface area contributed by atoms with Crippen LogP contribution in [0.1, 0.15) is 25.3 Å². The van der Waals surface area contributed by atoms with Gasteiger partial charge in [0.05, 0.1) is 6.54 Å². The predicted molar refractivity (Wildman–Crippen MR) is 101 cm³/mol. The molecule has 0 saturated carbocycles. The van der Waals surface area contributed by atoms with Gasteiger partial charge in [0, 0.05) is 6.26 Å². The third-order valence-electron chi connectivity index (χ3n) is 4.41. The largest absolute Gasteiger partial charge is 0.489 e. The minimum absolute atomic E-state index is 0. The Bertz CT molecular complexity index is 688. The fourth-order valence-electron chi connectivity index (χ4n) is 2.96. The molecule has 142 valence electrons. The number of amides is 1. The highest BCUT2D eigenvalue weighted by molar-refractivity contribution is 7.92. The molecule has 1 saturated heterocycles. The van der Waals surface area contributed by atoms with Crippen LogP contribution >= 0.6 is 12.4 Å². The van der Waals surface area contributed by atoms with Crippen molar-refractivity contribution in [3.05, 3.63) is 29.8 Å². The van der Waals surface area contributed by atoms with E-state index in [1.807, 2.05) is 38.1 Å². The summed E-state index contributed by atoms with van der Waals surface area (Å²) in [6, 6.07) is 7.66. The first kappa shape index (κ1) is 21.7. The number of nitrogens with one attached hydrogen (secondary N) is 2. The molecule has 1 aliphatic heterocycles. The quantitative estimate of drug-likeness (QED) is 0.768. The summed E-state index contributed by atoms with van der Waals surface area (Å²) >= 11 is 0. The van der Waals surface area contributed by atoms with Crippen LogP contribution < -0.4 is 15.4 Å². The minimum atomic E-state index is -3.49. The van der Waals surface area contributed by atoms with Gasteiger partial charge in [-0.15, -0.1) is 12.4 Å². The molecule has 1 amide bonds. The number of ether oxygens (including phenoxy) is 1. The van der Waals surface area contributed by atoms with E-state index in [2.05, 4.69) is 10.6 Å². The molecule has 0 radical (unpaired) electrons. The van der Waals surface area contributed by atoms with Crippen molar-refractivity contribution in [1.29, 1.82) is 0 Å². The molecule has 6 nitrogen and oxygen atoms in total. The number of aryl methyl sites for hydroxylation is 1. The summed E-state index contributed by atoms with van der Waals surface area (Å²) in [5.74, 6) is 0.308. The van der Waals surface area contributed by atoms with Crippen LogP contribution in [-0.4, -0.2) is 51.1 Å². The SMILES string of the molecule is Cc1cccc(OC(C)CNC(=O)C2(S(C)(=O)=O)CCNCC2)c1.Cl. The van der Waals surface area contributed by atoms with Gasteiger partial charge in [0.2, 0.25) is 5.91 Å². The van der Waals surface area contributed by atoms with E-state index in [0.29, 0.717) is 25.9 Å². The van der Waals surface area contributed by atoms with Crippen molar-refractivity contribution >= 4 is 28.2 Å². The van der Waals surface area contributed by atoms with Crippen molar-refractivity contribution in [2.45, 2.75) is 37.5 Å². The van der Waals surface area contributed by atoms with Gasteiger partial charge < -0.3 is 15.4 Å². The monoisotopic (exact) mass is 390 g/mol. The molecule has 1 atom stereocenters.